The van der Waals surface area contributed by atoms with Crippen molar-refractivity contribution in [3.05, 3.63) is 80.7 Å². The number of non-ortho nitro benzene ring substituents is 1. The molecule has 2 aromatic carbocycles. The summed E-state index contributed by atoms with van der Waals surface area (Å²) in [6.45, 7) is 5.39. The highest BCUT2D eigenvalue weighted by atomic mass is 16.7. The van der Waals surface area contributed by atoms with Crippen LogP contribution < -0.4 is 14.4 Å². The number of rotatable bonds is 6. The van der Waals surface area contributed by atoms with Crippen LogP contribution in [-0.2, 0) is 19.1 Å². The molecule has 4 rings (SSSR count). The van der Waals surface area contributed by atoms with E-state index in [0.717, 1.165) is 0 Å². The number of methoxy groups -OCH3 is 1. The van der Waals surface area contributed by atoms with E-state index in [1.807, 2.05) is 0 Å². The van der Waals surface area contributed by atoms with Crippen LogP contribution in [0.1, 0.15) is 32.3 Å². The number of hydrogen-bond donors (Lipinski definition) is 0. The Bertz CT molecular complexity index is 1260. The number of ether oxygens (including phenoxy) is 4. The highest BCUT2D eigenvalue weighted by Crippen LogP contribution is 2.46. The van der Waals surface area contributed by atoms with Crippen molar-refractivity contribution in [3.63, 3.8) is 0 Å². The van der Waals surface area contributed by atoms with Gasteiger partial charge in [-0.2, -0.15) is 0 Å². The Labute approximate surface area is 201 Å². The van der Waals surface area contributed by atoms with Crippen LogP contribution in [0.15, 0.2) is 65.0 Å². The molecule has 0 saturated carbocycles. The predicted molar refractivity (Wildman–Crippen MR) is 125 cm³/mol. The number of nitro benzene ring substituents is 1. The third kappa shape index (κ3) is 4.18. The van der Waals surface area contributed by atoms with Gasteiger partial charge in [0.1, 0.15) is 0 Å². The maximum Gasteiger partial charge on any atom is 0.336 e. The van der Waals surface area contributed by atoms with Crippen molar-refractivity contribution >= 4 is 23.3 Å². The normalized spacial score (nSPS) is 16.9. The van der Waals surface area contributed by atoms with Crippen molar-refractivity contribution in [2.75, 3.05) is 25.4 Å². The molecule has 1 unspecified atom stereocenters. The van der Waals surface area contributed by atoms with Gasteiger partial charge < -0.3 is 23.8 Å². The molecule has 0 radical (unpaired) electrons. The fourth-order valence-corrected chi connectivity index (χ4v) is 4.44. The summed E-state index contributed by atoms with van der Waals surface area (Å²) < 4.78 is 21.4. The summed E-state index contributed by atoms with van der Waals surface area (Å²) in [5.74, 6) is -0.941. The van der Waals surface area contributed by atoms with E-state index >= 15 is 0 Å². The number of carbonyl (C=O) groups excluding carboxylic acids is 2. The van der Waals surface area contributed by atoms with E-state index in [1.165, 1.54) is 19.2 Å². The lowest BCUT2D eigenvalue weighted by Gasteiger charge is -2.37. The number of esters is 2. The van der Waals surface area contributed by atoms with E-state index in [4.69, 9.17) is 18.9 Å². The van der Waals surface area contributed by atoms with E-state index in [-0.39, 0.29) is 30.2 Å². The number of fused-ring (bicyclic) bond motifs is 1. The maximum atomic E-state index is 13.3. The largest absolute Gasteiger partial charge is 0.466 e. The molecule has 10 nitrogen and oxygen atoms in total. The van der Waals surface area contributed by atoms with E-state index < -0.39 is 22.8 Å². The molecule has 2 aromatic rings. The standard InChI is InChI=1S/C25H24N2O8/c1-5-33-25(29)22-15(3)26(17-7-9-18(10-8-17)27(30)31)14(2)21(24(28)32-4)23(22)16-6-11-19-20(12-16)35-13-34-19/h6-12,23H,5,13H2,1-4H3. The third-order valence-electron chi connectivity index (χ3n) is 5.98. The maximum absolute atomic E-state index is 13.3. The molecule has 2 aliphatic heterocycles. The van der Waals surface area contributed by atoms with Gasteiger partial charge in [-0.3, -0.25) is 10.1 Å². The lowest BCUT2D eigenvalue weighted by atomic mass is 9.79. The molecule has 35 heavy (non-hydrogen) atoms. The zero-order chi connectivity index (χ0) is 25.3. The quantitative estimate of drug-likeness (QED) is 0.340. The van der Waals surface area contributed by atoms with Crippen molar-refractivity contribution in [3.8, 4) is 11.5 Å². The number of allylic oxidation sites excluding steroid dienone is 2. The Morgan fingerprint density at radius 2 is 1.66 bits per heavy atom. The Morgan fingerprint density at radius 3 is 2.26 bits per heavy atom. The van der Waals surface area contributed by atoms with Gasteiger partial charge in [-0.05, 0) is 50.6 Å². The Kier molecular flexibility index (Phi) is 6.46. The molecule has 0 N–H and O–H groups in total. The molecule has 0 bridgehead atoms. The van der Waals surface area contributed by atoms with Crippen LogP contribution in [0, 0.1) is 10.1 Å². The predicted octanol–water partition coefficient (Wildman–Crippen LogP) is 4.21. The number of anilines is 1. The first-order valence-electron chi connectivity index (χ1n) is 10.9. The highest BCUT2D eigenvalue weighted by Gasteiger charge is 2.41. The van der Waals surface area contributed by atoms with Crippen LogP contribution >= 0.6 is 0 Å². The zero-order valence-electron chi connectivity index (χ0n) is 19.7. The molecular formula is C25H24N2O8. The Balaban J connectivity index is 1.95. The molecule has 0 aromatic heterocycles. The van der Waals surface area contributed by atoms with Crippen molar-refractivity contribution in [1.82, 2.24) is 0 Å². The SMILES string of the molecule is CCOC(=O)C1=C(C)N(c2ccc([N+](=O)[O-])cc2)C(C)=C(C(=O)OC)C1c1ccc2c(c1)OCO2. The van der Waals surface area contributed by atoms with Crippen LogP contribution in [0.25, 0.3) is 0 Å². The van der Waals surface area contributed by atoms with Gasteiger partial charge >= 0.3 is 11.9 Å². The molecule has 2 aliphatic rings. The summed E-state index contributed by atoms with van der Waals surface area (Å²) in [4.78, 5) is 38.7. The summed E-state index contributed by atoms with van der Waals surface area (Å²) in [6, 6.07) is 11.1. The number of carbonyl (C=O) groups is 2. The van der Waals surface area contributed by atoms with Crippen molar-refractivity contribution in [2.45, 2.75) is 26.7 Å². The minimum atomic E-state index is -0.801. The number of hydrogen-bond acceptors (Lipinski definition) is 9. The van der Waals surface area contributed by atoms with Gasteiger partial charge in [0.15, 0.2) is 11.5 Å². The zero-order valence-corrected chi connectivity index (χ0v) is 19.7. The molecule has 2 heterocycles. The third-order valence-corrected chi connectivity index (χ3v) is 5.98. The average Bonchev–Trinajstić information content (AvgIpc) is 3.31. The second-order valence-corrected chi connectivity index (χ2v) is 7.86. The molecule has 0 saturated heterocycles. The van der Waals surface area contributed by atoms with Gasteiger partial charge in [-0.1, -0.05) is 6.07 Å². The van der Waals surface area contributed by atoms with E-state index in [2.05, 4.69) is 0 Å². The van der Waals surface area contributed by atoms with E-state index in [1.54, 1.807) is 56.0 Å². The minimum Gasteiger partial charge on any atom is -0.466 e. The lowest BCUT2D eigenvalue weighted by molar-refractivity contribution is -0.384. The summed E-state index contributed by atoms with van der Waals surface area (Å²) >= 11 is 0. The second kappa shape index (κ2) is 9.49. The van der Waals surface area contributed by atoms with Crippen molar-refractivity contribution in [1.29, 1.82) is 0 Å². The smallest absolute Gasteiger partial charge is 0.336 e. The highest BCUT2D eigenvalue weighted by molar-refractivity contribution is 6.01. The first kappa shape index (κ1) is 23.8. The first-order valence-corrected chi connectivity index (χ1v) is 10.9. The molecule has 0 fully saturated rings. The van der Waals surface area contributed by atoms with Gasteiger partial charge in [-0.25, -0.2) is 9.59 Å². The van der Waals surface area contributed by atoms with Crippen LogP contribution in [0.5, 0.6) is 11.5 Å². The van der Waals surface area contributed by atoms with Crippen molar-refractivity contribution in [2.24, 2.45) is 0 Å². The van der Waals surface area contributed by atoms with Crippen LogP contribution in [0.4, 0.5) is 11.4 Å². The topological polar surface area (TPSA) is 117 Å². The summed E-state index contributed by atoms with van der Waals surface area (Å²) in [7, 11) is 1.27. The van der Waals surface area contributed by atoms with Gasteiger partial charge in [-0.15, -0.1) is 0 Å². The van der Waals surface area contributed by atoms with Crippen LogP contribution in [0.3, 0.4) is 0 Å². The molecule has 0 spiro atoms. The summed E-state index contributed by atoms with van der Waals surface area (Å²) in [5, 5.41) is 11.1. The van der Waals surface area contributed by atoms with E-state index in [9.17, 15) is 19.7 Å². The van der Waals surface area contributed by atoms with Crippen LogP contribution in [-0.4, -0.2) is 37.4 Å². The fraction of sp³-hybridized carbons (Fsp3) is 0.280. The van der Waals surface area contributed by atoms with Crippen molar-refractivity contribution < 1.29 is 33.5 Å². The molecule has 10 heteroatoms. The van der Waals surface area contributed by atoms with Gasteiger partial charge in [0.25, 0.3) is 5.69 Å². The molecule has 0 amide bonds. The van der Waals surface area contributed by atoms with E-state index in [0.29, 0.717) is 34.1 Å². The first-order chi connectivity index (χ1) is 16.8. The minimum absolute atomic E-state index is 0.0777. The number of nitrogens with zero attached hydrogens (tertiary/aromatic N) is 2. The average molecular weight is 480 g/mol. The monoisotopic (exact) mass is 480 g/mol. The van der Waals surface area contributed by atoms with Gasteiger partial charge in [0, 0.05) is 29.2 Å². The van der Waals surface area contributed by atoms with Gasteiger partial charge in [0.2, 0.25) is 6.79 Å². The van der Waals surface area contributed by atoms with Crippen LogP contribution in [0.2, 0.25) is 0 Å². The molecule has 1 atom stereocenters. The molecular weight excluding hydrogens is 456 g/mol. The second-order valence-electron chi connectivity index (χ2n) is 7.86. The number of benzene rings is 2. The summed E-state index contributed by atoms with van der Waals surface area (Å²) in [6.07, 6.45) is 0. The summed E-state index contributed by atoms with van der Waals surface area (Å²) in [5.41, 5.74) is 2.60. The lowest BCUT2D eigenvalue weighted by Crippen LogP contribution is -2.35. The Hall–Kier alpha value is -4.34. The Morgan fingerprint density at radius 1 is 1.03 bits per heavy atom. The number of nitro groups is 1. The molecule has 182 valence electrons. The fourth-order valence-electron chi connectivity index (χ4n) is 4.44. The van der Waals surface area contributed by atoms with Gasteiger partial charge in [0.05, 0.1) is 35.7 Å². The molecule has 0 aliphatic carbocycles.